The summed E-state index contributed by atoms with van der Waals surface area (Å²) in [4.78, 5) is 12.3. The molecular formula is C17H18N4O2S. The Morgan fingerprint density at radius 2 is 2.04 bits per heavy atom. The van der Waals surface area contributed by atoms with Crippen LogP contribution in [0.15, 0.2) is 58.3 Å². The normalized spacial score (nSPS) is 12.1. The molecule has 0 aliphatic rings. The minimum Gasteiger partial charge on any atom is -0.467 e. The molecule has 0 bridgehead atoms. The van der Waals surface area contributed by atoms with Crippen LogP contribution in [0, 0.1) is 6.92 Å². The van der Waals surface area contributed by atoms with Gasteiger partial charge in [0.05, 0.1) is 18.1 Å². The Hall–Kier alpha value is -2.54. The van der Waals surface area contributed by atoms with Gasteiger partial charge in [0.1, 0.15) is 11.6 Å². The zero-order valence-electron chi connectivity index (χ0n) is 13.5. The molecule has 3 aromatic rings. The monoisotopic (exact) mass is 342 g/mol. The molecule has 1 aromatic carbocycles. The first-order valence-electron chi connectivity index (χ1n) is 7.59. The van der Waals surface area contributed by atoms with Crippen LogP contribution < -0.4 is 5.32 Å². The van der Waals surface area contributed by atoms with Crippen molar-refractivity contribution in [3.05, 3.63) is 60.3 Å². The number of para-hydroxylation sites is 1. The summed E-state index contributed by atoms with van der Waals surface area (Å²) >= 11 is 1.38. The van der Waals surface area contributed by atoms with Gasteiger partial charge in [-0.15, -0.1) is 10.2 Å². The molecule has 0 fully saturated rings. The van der Waals surface area contributed by atoms with Crippen molar-refractivity contribution in [2.75, 3.05) is 0 Å². The lowest BCUT2D eigenvalue weighted by atomic mass is 10.3. The largest absolute Gasteiger partial charge is 0.467 e. The van der Waals surface area contributed by atoms with Gasteiger partial charge in [-0.1, -0.05) is 30.0 Å². The van der Waals surface area contributed by atoms with E-state index < -0.39 is 0 Å². The van der Waals surface area contributed by atoms with Crippen LogP contribution in [0.5, 0.6) is 0 Å². The number of furan rings is 1. The van der Waals surface area contributed by atoms with Crippen LogP contribution in [0.25, 0.3) is 5.69 Å². The molecule has 1 N–H and O–H groups in total. The van der Waals surface area contributed by atoms with Crippen LogP contribution in [0.4, 0.5) is 0 Å². The molecule has 124 valence electrons. The summed E-state index contributed by atoms with van der Waals surface area (Å²) in [5.74, 6) is 1.44. The Morgan fingerprint density at radius 1 is 1.25 bits per heavy atom. The second-order valence-electron chi connectivity index (χ2n) is 5.26. The van der Waals surface area contributed by atoms with Crippen LogP contribution in [-0.4, -0.2) is 25.9 Å². The maximum absolute atomic E-state index is 12.3. The number of aromatic nitrogens is 3. The SMILES string of the molecule is Cc1nnc(S[C@@H](C)C(=O)NCc2ccco2)n1-c1ccccc1. The fourth-order valence-corrected chi connectivity index (χ4v) is 3.17. The summed E-state index contributed by atoms with van der Waals surface area (Å²) in [6.45, 7) is 4.12. The highest BCUT2D eigenvalue weighted by Crippen LogP contribution is 2.25. The summed E-state index contributed by atoms with van der Waals surface area (Å²) in [6.07, 6.45) is 1.59. The molecule has 2 aromatic heterocycles. The molecule has 7 heteroatoms. The first-order valence-corrected chi connectivity index (χ1v) is 8.47. The molecule has 3 rings (SSSR count). The van der Waals surface area contributed by atoms with Crippen molar-refractivity contribution in [3.8, 4) is 5.69 Å². The van der Waals surface area contributed by atoms with Crippen LogP contribution in [0.3, 0.4) is 0 Å². The zero-order valence-corrected chi connectivity index (χ0v) is 14.3. The molecule has 0 saturated carbocycles. The summed E-state index contributed by atoms with van der Waals surface area (Å²) < 4.78 is 7.16. The number of carbonyl (C=O) groups is 1. The highest BCUT2D eigenvalue weighted by Gasteiger charge is 2.19. The summed E-state index contributed by atoms with van der Waals surface area (Å²) in [6, 6.07) is 13.5. The summed E-state index contributed by atoms with van der Waals surface area (Å²) in [7, 11) is 0. The number of hydrogen-bond acceptors (Lipinski definition) is 5. The van der Waals surface area contributed by atoms with Gasteiger partial charge in [0.2, 0.25) is 5.91 Å². The van der Waals surface area contributed by atoms with E-state index >= 15 is 0 Å². The van der Waals surface area contributed by atoms with Crippen molar-refractivity contribution in [1.29, 1.82) is 0 Å². The molecule has 0 aliphatic carbocycles. The highest BCUT2D eigenvalue weighted by molar-refractivity contribution is 8.00. The number of benzene rings is 1. The average molecular weight is 342 g/mol. The fourth-order valence-electron chi connectivity index (χ4n) is 2.24. The lowest BCUT2D eigenvalue weighted by Crippen LogP contribution is -2.30. The number of nitrogens with zero attached hydrogens (tertiary/aromatic N) is 3. The summed E-state index contributed by atoms with van der Waals surface area (Å²) in [5.41, 5.74) is 0.977. The molecule has 2 heterocycles. The Morgan fingerprint density at radius 3 is 2.75 bits per heavy atom. The molecule has 1 amide bonds. The molecule has 0 radical (unpaired) electrons. The van der Waals surface area contributed by atoms with E-state index in [4.69, 9.17) is 4.42 Å². The van der Waals surface area contributed by atoms with Gasteiger partial charge in [-0.3, -0.25) is 9.36 Å². The first-order chi connectivity index (χ1) is 11.6. The Labute approximate surface area is 144 Å². The average Bonchev–Trinajstić information content (AvgIpc) is 3.23. The van der Waals surface area contributed by atoms with Crippen LogP contribution in [0.1, 0.15) is 18.5 Å². The number of aryl methyl sites for hydroxylation is 1. The molecule has 0 unspecified atom stereocenters. The first kappa shape index (κ1) is 16.3. The minimum atomic E-state index is -0.300. The Kier molecular flexibility index (Phi) is 5.00. The standard InChI is InChI=1S/C17H18N4O2S/c1-12(16(22)18-11-15-9-6-10-23-15)24-17-20-19-13(2)21(17)14-7-4-3-5-8-14/h3-10,12H,11H2,1-2H3,(H,18,22)/t12-/m0/s1. The number of nitrogens with one attached hydrogen (secondary N) is 1. The fraction of sp³-hybridized carbons (Fsp3) is 0.235. The number of amides is 1. The maximum Gasteiger partial charge on any atom is 0.233 e. The second kappa shape index (κ2) is 7.35. The predicted molar refractivity (Wildman–Crippen MR) is 92.0 cm³/mol. The molecule has 0 aliphatic heterocycles. The molecule has 0 saturated heterocycles. The zero-order chi connectivity index (χ0) is 16.9. The third-order valence-electron chi connectivity index (χ3n) is 3.48. The Balaban J connectivity index is 1.68. The van der Waals surface area contributed by atoms with Gasteiger partial charge in [0.25, 0.3) is 0 Å². The Bertz CT molecular complexity index is 799. The van der Waals surface area contributed by atoms with Gasteiger partial charge in [-0.25, -0.2) is 0 Å². The van der Waals surface area contributed by atoms with Crippen molar-refractivity contribution < 1.29 is 9.21 Å². The summed E-state index contributed by atoms with van der Waals surface area (Å²) in [5, 5.41) is 11.6. The van der Waals surface area contributed by atoms with Crippen molar-refractivity contribution in [3.63, 3.8) is 0 Å². The lowest BCUT2D eigenvalue weighted by Gasteiger charge is -2.12. The number of thioether (sulfide) groups is 1. The smallest absolute Gasteiger partial charge is 0.233 e. The number of hydrogen-bond donors (Lipinski definition) is 1. The number of rotatable bonds is 6. The molecule has 0 spiro atoms. The van der Waals surface area contributed by atoms with E-state index in [9.17, 15) is 4.79 Å². The van der Waals surface area contributed by atoms with Gasteiger partial charge < -0.3 is 9.73 Å². The second-order valence-corrected chi connectivity index (χ2v) is 6.57. The lowest BCUT2D eigenvalue weighted by molar-refractivity contribution is -0.120. The minimum absolute atomic E-state index is 0.0725. The van der Waals surface area contributed by atoms with Crippen molar-refractivity contribution >= 4 is 17.7 Å². The van der Waals surface area contributed by atoms with E-state index in [2.05, 4.69) is 15.5 Å². The van der Waals surface area contributed by atoms with Gasteiger partial charge >= 0.3 is 0 Å². The van der Waals surface area contributed by atoms with Gasteiger partial charge in [0.15, 0.2) is 5.16 Å². The van der Waals surface area contributed by atoms with Crippen molar-refractivity contribution in [2.24, 2.45) is 0 Å². The van der Waals surface area contributed by atoms with Crippen molar-refractivity contribution in [1.82, 2.24) is 20.1 Å². The van der Waals surface area contributed by atoms with Crippen LogP contribution >= 0.6 is 11.8 Å². The third kappa shape index (κ3) is 3.68. The topological polar surface area (TPSA) is 73.0 Å². The van der Waals surface area contributed by atoms with E-state index in [1.165, 1.54) is 11.8 Å². The highest BCUT2D eigenvalue weighted by atomic mass is 32.2. The third-order valence-corrected chi connectivity index (χ3v) is 4.52. The van der Waals surface area contributed by atoms with E-state index in [-0.39, 0.29) is 11.2 Å². The van der Waals surface area contributed by atoms with E-state index in [1.807, 2.05) is 54.8 Å². The predicted octanol–water partition coefficient (Wildman–Crippen LogP) is 2.97. The van der Waals surface area contributed by atoms with Gasteiger partial charge in [-0.05, 0) is 38.1 Å². The van der Waals surface area contributed by atoms with Crippen LogP contribution in [0.2, 0.25) is 0 Å². The van der Waals surface area contributed by atoms with E-state index in [1.54, 1.807) is 12.3 Å². The van der Waals surface area contributed by atoms with Gasteiger partial charge in [0, 0.05) is 5.69 Å². The molecular weight excluding hydrogens is 324 g/mol. The van der Waals surface area contributed by atoms with E-state index in [0.29, 0.717) is 11.7 Å². The van der Waals surface area contributed by atoms with Crippen molar-refractivity contribution in [2.45, 2.75) is 30.8 Å². The van der Waals surface area contributed by atoms with E-state index in [0.717, 1.165) is 17.3 Å². The molecule has 24 heavy (non-hydrogen) atoms. The number of carbonyl (C=O) groups excluding carboxylic acids is 1. The molecule has 6 nitrogen and oxygen atoms in total. The molecule has 1 atom stereocenters. The van der Waals surface area contributed by atoms with Gasteiger partial charge in [-0.2, -0.15) is 0 Å². The quantitative estimate of drug-likeness (QED) is 0.697. The maximum atomic E-state index is 12.3. The van der Waals surface area contributed by atoms with Crippen LogP contribution in [-0.2, 0) is 11.3 Å².